The van der Waals surface area contributed by atoms with Crippen LogP contribution in [0.2, 0.25) is 0 Å². The summed E-state index contributed by atoms with van der Waals surface area (Å²) in [5.74, 6) is -2.38. The summed E-state index contributed by atoms with van der Waals surface area (Å²) in [4.78, 5) is 41.8. The Bertz CT molecular complexity index is 926. The molecule has 1 atom stereocenters. The molecule has 0 radical (unpaired) electrons. The first-order valence-corrected chi connectivity index (χ1v) is 8.93. The number of benzene rings is 1. The number of likely N-dealkylation sites (tertiary alicyclic amines) is 1. The van der Waals surface area contributed by atoms with Crippen LogP contribution in [-0.2, 0) is 9.59 Å². The van der Waals surface area contributed by atoms with Gasteiger partial charge in [0.05, 0.1) is 25.1 Å². The molecular weight excluding hydrogens is 369 g/mol. The number of amides is 2. The fourth-order valence-corrected chi connectivity index (χ4v) is 3.44. The van der Waals surface area contributed by atoms with Crippen LogP contribution >= 0.6 is 0 Å². The molecule has 150 valence electrons. The normalized spacial score (nSPS) is 16.8. The Kier molecular flexibility index (Phi) is 5.53. The highest BCUT2D eigenvalue weighted by atomic mass is 19.1. The number of hydrogen-bond donors (Lipinski definition) is 2. The number of ether oxygens (including phenoxy) is 1. The van der Waals surface area contributed by atoms with Crippen LogP contribution in [0.4, 0.5) is 4.39 Å². The fraction of sp³-hybridized carbons (Fsp3) is 0.421. The molecule has 8 nitrogen and oxygen atoms in total. The zero-order chi connectivity index (χ0) is 20.4. The van der Waals surface area contributed by atoms with Crippen molar-refractivity contribution in [3.8, 4) is 5.75 Å². The van der Waals surface area contributed by atoms with E-state index in [-0.39, 0.29) is 30.2 Å². The lowest BCUT2D eigenvalue weighted by atomic mass is 9.98. The van der Waals surface area contributed by atoms with E-state index in [0.717, 1.165) is 0 Å². The number of carbonyl (C=O) groups is 3. The molecule has 2 heterocycles. The van der Waals surface area contributed by atoms with E-state index in [1.807, 2.05) is 0 Å². The number of aromatic nitrogens is 1. The molecule has 1 fully saturated rings. The second-order valence-corrected chi connectivity index (χ2v) is 6.90. The van der Waals surface area contributed by atoms with E-state index in [1.165, 1.54) is 42.2 Å². The number of methoxy groups -OCH3 is 1. The summed E-state index contributed by atoms with van der Waals surface area (Å²) in [6, 6.07) is 4.21. The quantitative estimate of drug-likeness (QED) is 0.808. The van der Waals surface area contributed by atoms with Crippen LogP contribution in [0.3, 0.4) is 0 Å². The lowest BCUT2D eigenvalue weighted by Gasteiger charge is -2.31. The van der Waals surface area contributed by atoms with Gasteiger partial charge in [-0.3, -0.25) is 14.4 Å². The maximum atomic E-state index is 14.0. The van der Waals surface area contributed by atoms with Gasteiger partial charge in [0, 0.05) is 25.5 Å². The van der Waals surface area contributed by atoms with E-state index in [9.17, 15) is 18.8 Å². The Labute approximate surface area is 160 Å². The van der Waals surface area contributed by atoms with E-state index in [0.29, 0.717) is 30.5 Å². The molecule has 1 aliphatic rings. The first kappa shape index (κ1) is 19.7. The van der Waals surface area contributed by atoms with Crippen molar-refractivity contribution in [3.05, 3.63) is 29.7 Å². The molecule has 1 aromatic carbocycles. The van der Waals surface area contributed by atoms with Crippen LogP contribution in [0.5, 0.6) is 5.75 Å². The van der Waals surface area contributed by atoms with E-state index in [1.54, 1.807) is 0 Å². The first-order valence-electron chi connectivity index (χ1n) is 8.93. The van der Waals surface area contributed by atoms with Gasteiger partial charge in [-0.25, -0.2) is 4.39 Å². The zero-order valence-corrected chi connectivity index (χ0v) is 15.7. The van der Waals surface area contributed by atoms with Gasteiger partial charge in [-0.1, -0.05) is 0 Å². The molecule has 1 aliphatic heterocycles. The predicted octanol–water partition coefficient (Wildman–Crippen LogP) is 1.71. The van der Waals surface area contributed by atoms with Gasteiger partial charge in [0.25, 0.3) is 5.91 Å². The number of carboxylic acid groups (broad SMARTS) is 1. The van der Waals surface area contributed by atoms with Crippen LogP contribution in [0.25, 0.3) is 10.9 Å². The van der Waals surface area contributed by atoms with Gasteiger partial charge in [-0.05, 0) is 31.0 Å². The fourth-order valence-electron chi connectivity index (χ4n) is 3.44. The smallest absolute Gasteiger partial charge is 0.308 e. The summed E-state index contributed by atoms with van der Waals surface area (Å²) in [5.41, 5.74) is 0.290. The number of halogens is 1. The number of H-pyrrole nitrogens is 1. The molecule has 2 aromatic rings. The summed E-state index contributed by atoms with van der Waals surface area (Å²) >= 11 is 0. The highest BCUT2D eigenvalue weighted by Crippen LogP contribution is 2.28. The molecule has 0 spiro atoms. The minimum absolute atomic E-state index is 0.135. The number of piperidine rings is 1. The van der Waals surface area contributed by atoms with Crippen LogP contribution in [-0.4, -0.2) is 71.5 Å². The number of hydrogen-bond acceptors (Lipinski definition) is 4. The topological polar surface area (TPSA) is 103 Å². The second-order valence-electron chi connectivity index (χ2n) is 6.90. The molecule has 2 amide bonds. The Hall–Kier alpha value is -3.10. The number of aromatic amines is 1. The van der Waals surface area contributed by atoms with Gasteiger partial charge in [0.15, 0.2) is 0 Å². The lowest BCUT2D eigenvalue weighted by Crippen LogP contribution is -2.46. The van der Waals surface area contributed by atoms with Crippen molar-refractivity contribution in [1.29, 1.82) is 0 Å². The van der Waals surface area contributed by atoms with Crippen LogP contribution in [0, 0.1) is 11.7 Å². The van der Waals surface area contributed by atoms with Gasteiger partial charge >= 0.3 is 5.97 Å². The monoisotopic (exact) mass is 391 g/mol. The number of nitrogens with one attached hydrogen (secondary N) is 1. The summed E-state index contributed by atoms with van der Waals surface area (Å²) in [6.07, 6.45) is 1.15. The van der Waals surface area contributed by atoms with Crippen molar-refractivity contribution >= 4 is 28.7 Å². The SMILES string of the molecule is COc1ccc(F)c2[nH]c(C(=O)N(C)CC(=O)N3CCCC(C(=O)O)C3)cc12. The minimum atomic E-state index is -0.920. The highest BCUT2D eigenvalue weighted by Gasteiger charge is 2.29. The average molecular weight is 391 g/mol. The van der Waals surface area contributed by atoms with E-state index < -0.39 is 23.6 Å². The molecule has 0 aliphatic carbocycles. The van der Waals surface area contributed by atoms with Crippen molar-refractivity contribution in [1.82, 2.24) is 14.8 Å². The van der Waals surface area contributed by atoms with Crippen molar-refractivity contribution in [2.45, 2.75) is 12.8 Å². The number of carboxylic acids is 1. The number of aliphatic carboxylic acids is 1. The maximum Gasteiger partial charge on any atom is 0.308 e. The molecule has 3 rings (SSSR count). The Morgan fingerprint density at radius 3 is 2.82 bits per heavy atom. The number of carbonyl (C=O) groups excluding carboxylic acids is 2. The molecule has 1 saturated heterocycles. The van der Waals surface area contributed by atoms with Gasteiger partial charge in [-0.15, -0.1) is 0 Å². The second kappa shape index (κ2) is 7.87. The molecule has 1 unspecified atom stereocenters. The summed E-state index contributed by atoms with van der Waals surface area (Å²) in [6.45, 7) is 0.421. The number of fused-ring (bicyclic) bond motifs is 1. The molecule has 1 aromatic heterocycles. The Morgan fingerprint density at radius 1 is 1.39 bits per heavy atom. The third-order valence-electron chi connectivity index (χ3n) is 5.00. The molecule has 28 heavy (non-hydrogen) atoms. The van der Waals surface area contributed by atoms with E-state index >= 15 is 0 Å². The Morgan fingerprint density at radius 2 is 2.14 bits per heavy atom. The summed E-state index contributed by atoms with van der Waals surface area (Å²) in [5, 5.41) is 9.58. The largest absolute Gasteiger partial charge is 0.496 e. The number of rotatable bonds is 5. The minimum Gasteiger partial charge on any atom is -0.496 e. The third kappa shape index (κ3) is 3.78. The van der Waals surface area contributed by atoms with E-state index in [2.05, 4.69) is 4.98 Å². The average Bonchev–Trinajstić information content (AvgIpc) is 3.14. The predicted molar refractivity (Wildman–Crippen MR) is 98.7 cm³/mol. The van der Waals surface area contributed by atoms with Crippen LogP contribution in [0.15, 0.2) is 18.2 Å². The van der Waals surface area contributed by atoms with Crippen molar-refractivity contribution in [2.75, 3.05) is 33.8 Å². The van der Waals surface area contributed by atoms with Crippen molar-refractivity contribution in [2.24, 2.45) is 5.92 Å². The zero-order valence-electron chi connectivity index (χ0n) is 15.7. The first-order chi connectivity index (χ1) is 13.3. The van der Waals surface area contributed by atoms with Gasteiger partial charge in [0.2, 0.25) is 5.91 Å². The van der Waals surface area contributed by atoms with Gasteiger partial charge in [-0.2, -0.15) is 0 Å². The number of likely N-dealkylation sites (N-methyl/N-ethyl adjacent to an activating group) is 1. The standard InChI is InChI=1S/C19H22FN3O5/c1-22(10-16(24)23-7-3-4-11(9-23)19(26)27)18(25)14-8-12-15(28-2)6-5-13(20)17(12)21-14/h5-6,8,11,21H,3-4,7,9-10H2,1-2H3,(H,26,27). The summed E-state index contributed by atoms with van der Waals surface area (Å²) < 4.78 is 19.2. The van der Waals surface area contributed by atoms with Crippen LogP contribution in [0.1, 0.15) is 23.3 Å². The maximum absolute atomic E-state index is 14.0. The molecular formula is C19H22FN3O5. The molecule has 2 N–H and O–H groups in total. The lowest BCUT2D eigenvalue weighted by molar-refractivity contribution is -0.145. The molecule has 0 bridgehead atoms. The highest BCUT2D eigenvalue weighted by molar-refractivity contribution is 6.01. The Balaban J connectivity index is 1.72. The van der Waals surface area contributed by atoms with E-state index in [4.69, 9.17) is 9.84 Å². The van der Waals surface area contributed by atoms with Crippen molar-refractivity contribution < 1.29 is 28.6 Å². The summed E-state index contributed by atoms with van der Waals surface area (Å²) in [7, 11) is 2.92. The van der Waals surface area contributed by atoms with Crippen molar-refractivity contribution in [3.63, 3.8) is 0 Å². The van der Waals surface area contributed by atoms with Gasteiger partial charge < -0.3 is 24.6 Å². The molecule has 9 heteroatoms. The van der Waals surface area contributed by atoms with Gasteiger partial charge in [0.1, 0.15) is 17.3 Å². The third-order valence-corrected chi connectivity index (χ3v) is 5.00. The van der Waals surface area contributed by atoms with Crippen LogP contribution < -0.4 is 4.74 Å². The molecule has 0 saturated carbocycles. The number of nitrogens with zero attached hydrogens (tertiary/aromatic N) is 2.